The largest absolute Gasteiger partial charge is 0.486 e. The van der Waals surface area contributed by atoms with Gasteiger partial charge in [-0.1, -0.05) is 0 Å². The van der Waals surface area contributed by atoms with Crippen LogP contribution >= 0.6 is 0 Å². The minimum Gasteiger partial charge on any atom is -0.486 e. The summed E-state index contributed by atoms with van der Waals surface area (Å²) in [5, 5.41) is 4.19. The first-order chi connectivity index (χ1) is 20.6. The second kappa shape index (κ2) is 11.4. The van der Waals surface area contributed by atoms with Gasteiger partial charge in [0.25, 0.3) is 5.56 Å². The maximum atomic E-state index is 13.9. The van der Waals surface area contributed by atoms with Crippen molar-refractivity contribution in [2.24, 2.45) is 7.05 Å². The monoisotopic (exact) mass is 615 g/mol. The normalized spacial score (nSPS) is 15.9. The zero-order valence-corrected chi connectivity index (χ0v) is 24.9. The van der Waals surface area contributed by atoms with E-state index in [0.29, 0.717) is 30.5 Å². The van der Waals surface area contributed by atoms with E-state index < -0.39 is 40.9 Å². The molecule has 1 aliphatic heterocycles. The molecule has 0 radical (unpaired) electrons. The number of likely N-dealkylation sites (tertiary alicyclic amines) is 1. The average molecular weight is 616 g/mol. The first kappa shape index (κ1) is 30.8. The first-order valence-electron chi connectivity index (χ1n) is 13.9. The van der Waals surface area contributed by atoms with Crippen molar-refractivity contribution in [1.29, 1.82) is 0 Å². The number of carbonyl (C=O) groups is 1. The van der Waals surface area contributed by atoms with Gasteiger partial charge in [0.05, 0.1) is 24.3 Å². The molecule has 1 fully saturated rings. The third-order valence-corrected chi connectivity index (χ3v) is 7.04. The second-order valence-electron chi connectivity index (χ2n) is 11.7. The van der Waals surface area contributed by atoms with Crippen LogP contribution in [0.15, 0.2) is 46.5 Å². The number of piperidine rings is 1. The Kier molecular flexibility index (Phi) is 7.99. The fraction of sp³-hybridized carbons (Fsp3) is 0.448. The molecule has 0 bridgehead atoms. The van der Waals surface area contributed by atoms with Gasteiger partial charge in [0, 0.05) is 37.6 Å². The number of rotatable bonds is 5. The van der Waals surface area contributed by atoms with E-state index in [1.54, 1.807) is 33.0 Å². The molecule has 234 valence electrons. The van der Waals surface area contributed by atoms with Gasteiger partial charge in [-0.3, -0.25) is 9.36 Å². The number of ether oxygens (including phenoxy) is 2. The van der Waals surface area contributed by atoms with E-state index >= 15 is 0 Å². The van der Waals surface area contributed by atoms with Crippen molar-refractivity contribution in [2.75, 3.05) is 13.1 Å². The number of hydrogen-bond acceptors (Lipinski definition) is 8. The van der Waals surface area contributed by atoms with Gasteiger partial charge in [-0.05, 0) is 58.2 Å². The summed E-state index contributed by atoms with van der Waals surface area (Å²) in [6, 6.07) is 3.74. The van der Waals surface area contributed by atoms with Gasteiger partial charge < -0.3 is 18.9 Å². The highest BCUT2D eigenvalue weighted by Gasteiger charge is 2.36. The number of fused-ring (bicyclic) bond motifs is 1. The number of hydrogen-bond donors (Lipinski definition) is 0. The summed E-state index contributed by atoms with van der Waals surface area (Å²) in [4.78, 5) is 47.3. The molecule has 1 amide bonds. The van der Waals surface area contributed by atoms with Crippen LogP contribution in [-0.4, -0.2) is 64.5 Å². The smallest absolute Gasteiger partial charge is 0.433 e. The molecule has 5 rings (SSSR count). The lowest BCUT2D eigenvalue weighted by Crippen LogP contribution is -2.46. The van der Waals surface area contributed by atoms with Crippen LogP contribution in [0.4, 0.5) is 18.0 Å². The van der Waals surface area contributed by atoms with Gasteiger partial charge >= 0.3 is 18.0 Å². The number of halogens is 3. The van der Waals surface area contributed by atoms with Gasteiger partial charge in [0.2, 0.25) is 0 Å². The first-order valence-corrected chi connectivity index (χ1v) is 13.9. The summed E-state index contributed by atoms with van der Waals surface area (Å²) in [6.07, 6.45) is -0.519. The predicted octanol–water partition coefficient (Wildman–Crippen LogP) is 3.81. The molecule has 0 N–H and O–H groups in total. The highest BCUT2D eigenvalue weighted by atomic mass is 19.4. The van der Waals surface area contributed by atoms with Crippen molar-refractivity contribution in [3.63, 3.8) is 0 Å². The molecule has 1 atom stereocenters. The molecule has 1 aliphatic rings. The average Bonchev–Trinajstić information content (AvgIpc) is 3.36. The summed E-state index contributed by atoms with van der Waals surface area (Å²) in [5.41, 5.74) is -1.87. The highest BCUT2D eigenvalue weighted by Crippen LogP contribution is 2.39. The lowest BCUT2D eigenvalue weighted by molar-refractivity contribution is -0.141. The summed E-state index contributed by atoms with van der Waals surface area (Å²) in [5.74, 6) is 0.0885. The van der Waals surface area contributed by atoms with Crippen LogP contribution in [0.5, 0.6) is 5.75 Å². The lowest BCUT2D eigenvalue weighted by Gasteiger charge is -2.34. The number of alkyl halides is 3. The van der Waals surface area contributed by atoms with E-state index in [9.17, 15) is 27.6 Å². The topological polar surface area (TPSA) is 126 Å². The SMILES string of the molecule is Cc1nc(C(F)(F)F)cc(-c2ncnn3cc(Cn4c(=O)ccn(C)c4=O)cc23)c1OC1CCCN(C(=O)OC(C)(C)C)C1. The minimum absolute atomic E-state index is 0.00732. The zero-order chi connectivity index (χ0) is 32.0. The van der Waals surface area contributed by atoms with Gasteiger partial charge in [-0.2, -0.15) is 18.3 Å². The van der Waals surface area contributed by atoms with Crippen molar-refractivity contribution in [3.05, 3.63) is 74.7 Å². The zero-order valence-electron chi connectivity index (χ0n) is 24.9. The van der Waals surface area contributed by atoms with Crippen LogP contribution in [0.3, 0.4) is 0 Å². The van der Waals surface area contributed by atoms with Gasteiger partial charge in [-0.15, -0.1) is 0 Å². The molecule has 0 saturated carbocycles. The highest BCUT2D eigenvalue weighted by molar-refractivity contribution is 5.81. The summed E-state index contributed by atoms with van der Waals surface area (Å²) in [6.45, 7) is 7.24. The van der Waals surface area contributed by atoms with E-state index in [4.69, 9.17) is 9.47 Å². The van der Waals surface area contributed by atoms with Gasteiger partial charge in [0.1, 0.15) is 29.4 Å². The maximum absolute atomic E-state index is 13.9. The predicted molar refractivity (Wildman–Crippen MR) is 152 cm³/mol. The van der Waals surface area contributed by atoms with Crippen LogP contribution in [-0.2, 0) is 24.5 Å². The Balaban J connectivity index is 1.55. The van der Waals surface area contributed by atoms with E-state index in [1.165, 1.54) is 46.5 Å². The quantitative estimate of drug-likeness (QED) is 0.332. The molecular weight excluding hydrogens is 583 g/mol. The van der Waals surface area contributed by atoms with Crippen molar-refractivity contribution in [1.82, 2.24) is 33.6 Å². The summed E-state index contributed by atoms with van der Waals surface area (Å²) in [7, 11) is 1.52. The van der Waals surface area contributed by atoms with Crippen LogP contribution in [0.2, 0.25) is 0 Å². The standard InChI is InChI=1S/C29H32F3N7O5/c1-17-25(43-19-7-6-9-37(15-19)27(42)44-28(2,3)4)20(12-22(35-17)29(30,31)32)24-21-11-18(14-39(21)34-16-33-24)13-38-23(40)8-10-36(5)26(38)41/h8,10-12,14,16,19H,6-7,9,13,15H2,1-5H3. The van der Waals surface area contributed by atoms with Crippen LogP contribution in [0.1, 0.15) is 50.6 Å². The fourth-order valence-electron chi connectivity index (χ4n) is 5.04. The Morgan fingerprint density at radius 3 is 2.61 bits per heavy atom. The van der Waals surface area contributed by atoms with Crippen LogP contribution in [0, 0.1) is 6.92 Å². The Labute approximate surface area is 249 Å². The van der Waals surface area contributed by atoms with Crippen LogP contribution in [0.25, 0.3) is 16.8 Å². The molecule has 1 unspecified atom stereocenters. The molecule has 44 heavy (non-hydrogen) atoms. The van der Waals surface area contributed by atoms with E-state index in [-0.39, 0.29) is 35.8 Å². The number of aromatic nitrogens is 6. The van der Waals surface area contributed by atoms with Crippen molar-refractivity contribution < 1.29 is 27.4 Å². The molecule has 4 aromatic heterocycles. The van der Waals surface area contributed by atoms with E-state index in [1.807, 2.05) is 0 Å². The molecule has 12 nitrogen and oxygen atoms in total. The second-order valence-corrected chi connectivity index (χ2v) is 11.7. The number of nitrogens with zero attached hydrogens (tertiary/aromatic N) is 7. The van der Waals surface area contributed by atoms with Gasteiger partial charge in [0.15, 0.2) is 5.75 Å². The Bertz CT molecular complexity index is 1840. The Hall–Kier alpha value is -4.69. The lowest BCUT2D eigenvalue weighted by atomic mass is 10.1. The summed E-state index contributed by atoms with van der Waals surface area (Å²) < 4.78 is 57.3. The molecule has 15 heteroatoms. The number of aryl methyl sites for hydroxylation is 2. The number of carbonyl (C=O) groups excluding carboxylic acids is 1. The molecule has 0 spiro atoms. The van der Waals surface area contributed by atoms with Crippen molar-refractivity contribution in [3.8, 4) is 17.0 Å². The third-order valence-electron chi connectivity index (χ3n) is 7.04. The molecule has 0 aliphatic carbocycles. The number of amides is 1. The summed E-state index contributed by atoms with van der Waals surface area (Å²) >= 11 is 0. The molecule has 4 aromatic rings. The maximum Gasteiger partial charge on any atom is 0.433 e. The van der Waals surface area contributed by atoms with Crippen molar-refractivity contribution in [2.45, 2.75) is 65.0 Å². The molecule has 5 heterocycles. The van der Waals surface area contributed by atoms with Crippen LogP contribution < -0.4 is 16.0 Å². The molecule has 1 saturated heterocycles. The molecular formula is C29H32F3N7O5. The molecule has 0 aromatic carbocycles. The van der Waals surface area contributed by atoms with Crippen molar-refractivity contribution >= 4 is 11.6 Å². The number of pyridine rings is 1. The Morgan fingerprint density at radius 2 is 1.91 bits per heavy atom. The third kappa shape index (κ3) is 6.45. The minimum atomic E-state index is -4.75. The van der Waals surface area contributed by atoms with E-state index in [0.717, 1.165) is 10.6 Å². The Morgan fingerprint density at radius 1 is 1.16 bits per heavy atom. The van der Waals surface area contributed by atoms with Gasteiger partial charge in [-0.25, -0.2) is 24.1 Å². The fourth-order valence-corrected chi connectivity index (χ4v) is 5.04. The van der Waals surface area contributed by atoms with E-state index in [2.05, 4.69) is 15.1 Å².